The van der Waals surface area contributed by atoms with Crippen LogP contribution in [0.1, 0.15) is 11.1 Å². The van der Waals surface area contributed by atoms with Crippen LogP contribution in [0.15, 0.2) is 54.9 Å². The maximum absolute atomic E-state index is 6.06. The van der Waals surface area contributed by atoms with Crippen molar-refractivity contribution >= 4 is 22.1 Å². The first kappa shape index (κ1) is 13.4. The molecule has 2 aromatic carbocycles. The third-order valence-corrected chi connectivity index (χ3v) is 3.91. The zero-order chi connectivity index (χ0) is 14.8. The Morgan fingerprint density at radius 3 is 2.67 bits per heavy atom. The van der Waals surface area contributed by atoms with E-state index >= 15 is 0 Å². The molecule has 1 heterocycles. The number of hydrogen-bond donors (Lipinski definition) is 1. The second-order valence-corrected chi connectivity index (χ2v) is 5.38. The molecule has 0 aliphatic carbocycles. The van der Waals surface area contributed by atoms with Crippen LogP contribution in [-0.4, -0.2) is 12.0 Å². The monoisotopic (exact) mass is 277 g/mol. The van der Waals surface area contributed by atoms with Crippen molar-refractivity contribution in [1.29, 1.82) is 0 Å². The molecule has 0 amide bonds. The van der Waals surface area contributed by atoms with E-state index in [1.54, 1.807) is 6.20 Å². The van der Waals surface area contributed by atoms with E-state index in [0.717, 1.165) is 28.7 Å². The molecule has 0 saturated heterocycles. The quantitative estimate of drug-likeness (QED) is 0.741. The van der Waals surface area contributed by atoms with Gasteiger partial charge in [0.25, 0.3) is 0 Å². The van der Waals surface area contributed by atoms with Gasteiger partial charge in [0.1, 0.15) is 0 Å². The normalized spacial score (nSPS) is 10.8. The highest BCUT2D eigenvalue weighted by atomic mass is 15.1. The second kappa shape index (κ2) is 5.44. The molecule has 106 valence electrons. The Labute approximate surface area is 125 Å². The SMILES string of the molecule is Cc1ccccc1CN(C)c1ccc(N)c2ccncc12. The molecular formula is C18H19N3. The molecule has 3 rings (SSSR count). The zero-order valence-corrected chi connectivity index (χ0v) is 12.4. The lowest BCUT2D eigenvalue weighted by molar-refractivity contribution is 0.919. The van der Waals surface area contributed by atoms with Gasteiger partial charge in [-0.1, -0.05) is 24.3 Å². The van der Waals surface area contributed by atoms with Gasteiger partial charge < -0.3 is 10.6 Å². The summed E-state index contributed by atoms with van der Waals surface area (Å²) in [5.41, 5.74) is 10.6. The van der Waals surface area contributed by atoms with E-state index < -0.39 is 0 Å². The van der Waals surface area contributed by atoms with Crippen molar-refractivity contribution in [1.82, 2.24) is 4.98 Å². The van der Waals surface area contributed by atoms with Gasteiger partial charge in [0.05, 0.1) is 0 Å². The standard InChI is InChI=1S/C18H19N3/c1-13-5-3-4-6-14(13)12-21(2)18-8-7-17(19)15-9-10-20-11-16(15)18/h3-11H,12,19H2,1-2H3. The first-order valence-corrected chi connectivity index (χ1v) is 7.04. The molecule has 0 radical (unpaired) electrons. The molecule has 0 unspecified atom stereocenters. The molecule has 0 fully saturated rings. The number of nitrogens with two attached hydrogens (primary N) is 1. The minimum atomic E-state index is 0.792. The number of benzene rings is 2. The third kappa shape index (κ3) is 2.55. The van der Waals surface area contributed by atoms with Crippen molar-refractivity contribution in [2.24, 2.45) is 0 Å². The Hall–Kier alpha value is -2.55. The van der Waals surface area contributed by atoms with E-state index in [2.05, 4.69) is 54.2 Å². The van der Waals surface area contributed by atoms with Gasteiger partial charge in [0.15, 0.2) is 0 Å². The van der Waals surface area contributed by atoms with Gasteiger partial charge in [-0.25, -0.2) is 0 Å². The molecule has 1 aromatic heterocycles. The molecule has 0 bridgehead atoms. The summed E-state index contributed by atoms with van der Waals surface area (Å²) in [6, 6.07) is 14.5. The van der Waals surface area contributed by atoms with Gasteiger partial charge in [-0.3, -0.25) is 4.98 Å². The summed E-state index contributed by atoms with van der Waals surface area (Å²) in [7, 11) is 2.10. The molecule has 3 aromatic rings. The number of anilines is 2. The highest BCUT2D eigenvalue weighted by Gasteiger charge is 2.09. The Morgan fingerprint density at radius 2 is 1.86 bits per heavy atom. The van der Waals surface area contributed by atoms with E-state index in [4.69, 9.17) is 5.73 Å². The van der Waals surface area contributed by atoms with E-state index in [1.165, 1.54) is 11.1 Å². The predicted octanol–water partition coefficient (Wildman–Crippen LogP) is 3.76. The fourth-order valence-electron chi connectivity index (χ4n) is 2.66. The summed E-state index contributed by atoms with van der Waals surface area (Å²) in [5, 5.41) is 2.15. The van der Waals surface area contributed by atoms with E-state index in [0.29, 0.717) is 0 Å². The van der Waals surface area contributed by atoms with Crippen LogP contribution >= 0.6 is 0 Å². The highest BCUT2D eigenvalue weighted by molar-refractivity contribution is 6.00. The van der Waals surface area contributed by atoms with Crippen LogP contribution < -0.4 is 10.6 Å². The average molecular weight is 277 g/mol. The van der Waals surface area contributed by atoms with Crippen LogP contribution in [0.2, 0.25) is 0 Å². The molecule has 0 aliphatic rings. The Morgan fingerprint density at radius 1 is 1.05 bits per heavy atom. The molecule has 21 heavy (non-hydrogen) atoms. The minimum absolute atomic E-state index is 0.792. The number of nitrogen functional groups attached to an aromatic ring is 1. The molecule has 2 N–H and O–H groups in total. The van der Waals surface area contributed by atoms with Crippen molar-refractivity contribution in [3.8, 4) is 0 Å². The fraction of sp³-hybridized carbons (Fsp3) is 0.167. The topological polar surface area (TPSA) is 42.1 Å². The molecular weight excluding hydrogens is 258 g/mol. The minimum Gasteiger partial charge on any atom is -0.398 e. The van der Waals surface area contributed by atoms with Gasteiger partial charge in [-0.15, -0.1) is 0 Å². The van der Waals surface area contributed by atoms with E-state index in [1.807, 2.05) is 18.3 Å². The summed E-state index contributed by atoms with van der Waals surface area (Å²) in [4.78, 5) is 6.48. The van der Waals surface area contributed by atoms with Gasteiger partial charge in [0.2, 0.25) is 0 Å². The summed E-state index contributed by atoms with van der Waals surface area (Å²) in [6.07, 6.45) is 3.67. The predicted molar refractivity (Wildman–Crippen MR) is 89.4 cm³/mol. The number of fused-ring (bicyclic) bond motifs is 1. The van der Waals surface area contributed by atoms with Crippen molar-refractivity contribution in [2.75, 3.05) is 17.7 Å². The Bertz CT molecular complexity index is 780. The zero-order valence-electron chi connectivity index (χ0n) is 12.4. The van der Waals surface area contributed by atoms with Crippen molar-refractivity contribution in [3.63, 3.8) is 0 Å². The smallest absolute Gasteiger partial charge is 0.0463 e. The first-order valence-electron chi connectivity index (χ1n) is 7.04. The summed E-state index contributed by atoms with van der Waals surface area (Å²) < 4.78 is 0. The summed E-state index contributed by atoms with van der Waals surface area (Å²) in [5.74, 6) is 0. The maximum atomic E-state index is 6.06. The summed E-state index contributed by atoms with van der Waals surface area (Å²) in [6.45, 7) is 3.01. The molecule has 3 nitrogen and oxygen atoms in total. The molecule has 0 saturated carbocycles. The van der Waals surface area contributed by atoms with Gasteiger partial charge in [0, 0.05) is 48.1 Å². The molecule has 0 atom stereocenters. The number of pyridine rings is 1. The van der Waals surface area contributed by atoms with E-state index in [-0.39, 0.29) is 0 Å². The van der Waals surface area contributed by atoms with Crippen LogP contribution in [0, 0.1) is 6.92 Å². The number of rotatable bonds is 3. The summed E-state index contributed by atoms with van der Waals surface area (Å²) >= 11 is 0. The van der Waals surface area contributed by atoms with Gasteiger partial charge in [-0.2, -0.15) is 0 Å². The van der Waals surface area contributed by atoms with Gasteiger partial charge >= 0.3 is 0 Å². The lowest BCUT2D eigenvalue weighted by Crippen LogP contribution is -2.17. The molecule has 3 heteroatoms. The van der Waals surface area contributed by atoms with Crippen LogP contribution in [0.3, 0.4) is 0 Å². The maximum Gasteiger partial charge on any atom is 0.0463 e. The Balaban J connectivity index is 2.01. The number of aryl methyl sites for hydroxylation is 1. The lowest BCUT2D eigenvalue weighted by Gasteiger charge is -2.22. The number of hydrogen-bond acceptors (Lipinski definition) is 3. The van der Waals surface area contributed by atoms with Crippen LogP contribution in [0.5, 0.6) is 0 Å². The van der Waals surface area contributed by atoms with Crippen molar-refractivity contribution < 1.29 is 0 Å². The Kier molecular flexibility index (Phi) is 3.48. The first-order chi connectivity index (χ1) is 10.2. The molecule has 0 spiro atoms. The third-order valence-electron chi connectivity index (χ3n) is 3.91. The second-order valence-electron chi connectivity index (χ2n) is 5.38. The average Bonchev–Trinajstić information content (AvgIpc) is 2.50. The van der Waals surface area contributed by atoms with Crippen molar-refractivity contribution in [2.45, 2.75) is 13.5 Å². The lowest BCUT2D eigenvalue weighted by atomic mass is 10.1. The number of nitrogens with zero attached hydrogens (tertiary/aromatic N) is 2. The van der Waals surface area contributed by atoms with Gasteiger partial charge in [-0.05, 0) is 36.2 Å². The fourth-order valence-corrected chi connectivity index (χ4v) is 2.66. The van der Waals surface area contributed by atoms with Crippen LogP contribution in [0.25, 0.3) is 10.8 Å². The van der Waals surface area contributed by atoms with Crippen LogP contribution in [-0.2, 0) is 6.54 Å². The number of aromatic nitrogens is 1. The van der Waals surface area contributed by atoms with Crippen LogP contribution in [0.4, 0.5) is 11.4 Å². The molecule has 0 aliphatic heterocycles. The van der Waals surface area contributed by atoms with Crippen molar-refractivity contribution in [3.05, 3.63) is 66.0 Å². The highest BCUT2D eigenvalue weighted by Crippen LogP contribution is 2.30. The largest absolute Gasteiger partial charge is 0.398 e. The van der Waals surface area contributed by atoms with E-state index in [9.17, 15) is 0 Å².